The molecule has 1 atom stereocenters. The summed E-state index contributed by atoms with van der Waals surface area (Å²) in [5.41, 5.74) is 0. The Hall–Kier alpha value is -2.35. The molecule has 19 heavy (non-hydrogen) atoms. The van der Waals surface area contributed by atoms with Crippen molar-refractivity contribution in [1.82, 2.24) is 10.2 Å². The Morgan fingerprint density at radius 1 is 1.47 bits per heavy atom. The van der Waals surface area contributed by atoms with E-state index >= 15 is 0 Å². The van der Waals surface area contributed by atoms with Crippen molar-refractivity contribution in [2.45, 2.75) is 6.04 Å². The van der Waals surface area contributed by atoms with Gasteiger partial charge in [0.05, 0.1) is 19.4 Å². The van der Waals surface area contributed by atoms with Crippen LogP contribution in [0.15, 0.2) is 22.8 Å². The van der Waals surface area contributed by atoms with Gasteiger partial charge in [-0.3, -0.25) is 9.59 Å². The molecule has 1 aromatic heterocycles. The summed E-state index contributed by atoms with van der Waals surface area (Å²) in [5.74, 6) is -2.47. The molecule has 0 fully saturated rings. The number of aliphatic hydroxyl groups excluding tert-OH is 1. The zero-order valence-electron chi connectivity index (χ0n) is 10.2. The van der Waals surface area contributed by atoms with Gasteiger partial charge in [0.2, 0.25) is 5.91 Å². The summed E-state index contributed by atoms with van der Waals surface area (Å²) < 4.78 is 4.88. The minimum absolute atomic E-state index is 0.0762. The molecule has 0 bridgehead atoms. The number of nitrogens with zero attached hydrogens (tertiary/aromatic N) is 1. The number of carboxylic acids is 1. The predicted octanol–water partition coefficient (Wildman–Crippen LogP) is -1.09. The van der Waals surface area contributed by atoms with Gasteiger partial charge in [-0.25, -0.2) is 4.79 Å². The molecule has 3 N–H and O–H groups in total. The van der Waals surface area contributed by atoms with Gasteiger partial charge in [-0.1, -0.05) is 0 Å². The van der Waals surface area contributed by atoms with Crippen molar-refractivity contribution in [3.8, 4) is 0 Å². The highest BCUT2D eigenvalue weighted by molar-refractivity contribution is 5.94. The van der Waals surface area contributed by atoms with Crippen LogP contribution in [-0.2, 0) is 9.59 Å². The van der Waals surface area contributed by atoms with Gasteiger partial charge >= 0.3 is 5.97 Å². The summed E-state index contributed by atoms with van der Waals surface area (Å²) in [6.45, 7) is -1.07. The second-order valence-electron chi connectivity index (χ2n) is 3.78. The molecule has 1 rings (SSSR count). The number of nitrogens with one attached hydrogen (secondary N) is 1. The number of likely N-dealkylation sites (N-methyl/N-ethyl adjacent to an activating group) is 1. The molecule has 104 valence electrons. The number of aliphatic hydroxyl groups is 1. The van der Waals surface area contributed by atoms with Crippen molar-refractivity contribution in [2.24, 2.45) is 0 Å². The summed E-state index contributed by atoms with van der Waals surface area (Å²) in [6, 6.07) is 1.59. The van der Waals surface area contributed by atoms with E-state index in [1.165, 1.54) is 25.4 Å². The van der Waals surface area contributed by atoms with Crippen LogP contribution >= 0.6 is 0 Å². The van der Waals surface area contributed by atoms with Crippen LogP contribution in [0.4, 0.5) is 0 Å². The molecular weight excluding hydrogens is 256 g/mol. The highest BCUT2D eigenvalue weighted by atomic mass is 16.4. The molecule has 1 aromatic rings. The fourth-order valence-electron chi connectivity index (χ4n) is 1.30. The van der Waals surface area contributed by atoms with Crippen LogP contribution in [0.1, 0.15) is 10.6 Å². The van der Waals surface area contributed by atoms with Gasteiger partial charge in [0.1, 0.15) is 6.04 Å². The van der Waals surface area contributed by atoms with E-state index in [4.69, 9.17) is 14.6 Å². The maximum Gasteiger partial charge on any atom is 0.328 e. The first-order chi connectivity index (χ1) is 8.95. The molecule has 0 aliphatic heterocycles. The second kappa shape index (κ2) is 6.55. The molecule has 0 aliphatic carbocycles. The normalized spacial score (nSPS) is 11.7. The maximum atomic E-state index is 11.7. The number of amides is 2. The number of furan rings is 1. The standard InChI is InChI=1S/C11H14N2O6/c1-13(10(16)8-3-2-4-19-8)5-9(15)12-7(6-14)11(17)18/h2-4,7,14H,5-6H2,1H3,(H,12,15)(H,17,18). The Labute approximate surface area is 108 Å². The second-order valence-corrected chi connectivity index (χ2v) is 3.78. The molecule has 8 nitrogen and oxygen atoms in total. The minimum Gasteiger partial charge on any atom is -0.480 e. The lowest BCUT2D eigenvalue weighted by atomic mass is 10.3. The number of carboxylic acid groups (broad SMARTS) is 1. The Bertz CT molecular complexity index is 456. The van der Waals surface area contributed by atoms with Gasteiger partial charge in [0.15, 0.2) is 5.76 Å². The van der Waals surface area contributed by atoms with Gasteiger partial charge in [0.25, 0.3) is 5.91 Å². The van der Waals surface area contributed by atoms with Crippen molar-refractivity contribution < 1.29 is 29.0 Å². The van der Waals surface area contributed by atoms with Gasteiger partial charge in [-0.2, -0.15) is 0 Å². The van der Waals surface area contributed by atoms with Crippen LogP contribution in [-0.4, -0.2) is 59.1 Å². The monoisotopic (exact) mass is 270 g/mol. The summed E-state index contributed by atoms with van der Waals surface area (Å²) in [5, 5.41) is 19.5. The largest absolute Gasteiger partial charge is 0.480 e. The number of carbonyl (C=O) groups excluding carboxylic acids is 2. The minimum atomic E-state index is -1.39. The quantitative estimate of drug-likeness (QED) is 0.604. The molecule has 0 spiro atoms. The third-order valence-corrected chi connectivity index (χ3v) is 2.28. The average molecular weight is 270 g/mol. The fourth-order valence-corrected chi connectivity index (χ4v) is 1.30. The number of hydrogen-bond acceptors (Lipinski definition) is 5. The Morgan fingerprint density at radius 2 is 2.16 bits per heavy atom. The first-order valence-corrected chi connectivity index (χ1v) is 5.37. The van der Waals surface area contributed by atoms with Crippen molar-refractivity contribution in [3.05, 3.63) is 24.2 Å². The van der Waals surface area contributed by atoms with Crippen molar-refractivity contribution in [3.63, 3.8) is 0 Å². The van der Waals surface area contributed by atoms with Crippen LogP contribution in [0.2, 0.25) is 0 Å². The molecular formula is C11H14N2O6. The number of hydrogen-bond donors (Lipinski definition) is 3. The fraction of sp³-hybridized carbons (Fsp3) is 0.364. The third-order valence-electron chi connectivity index (χ3n) is 2.28. The van der Waals surface area contributed by atoms with Crippen LogP contribution in [0, 0.1) is 0 Å². The van der Waals surface area contributed by atoms with E-state index in [0.29, 0.717) is 0 Å². The molecule has 0 aliphatic rings. The van der Waals surface area contributed by atoms with E-state index < -0.39 is 30.4 Å². The van der Waals surface area contributed by atoms with Gasteiger partial charge in [0, 0.05) is 7.05 Å². The Balaban J connectivity index is 2.52. The van der Waals surface area contributed by atoms with Gasteiger partial charge < -0.3 is 24.8 Å². The first kappa shape index (κ1) is 14.7. The lowest BCUT2D eigenvalue weighted by molar-refractivity contribution is -0.143. The zero-order valence-corrected chi connectivity index (χ0v) is 10.2. The summed E-state index contributed by atoms with van der Waals surface area (Å²) >= 11 is 0. The SMILES string of the molecule is CN(CC(=O)NC(CO)C(=O)O)C(=O)c1ccco1. The average Bonchev–Trinajstić information content (AvgIpc) is 2.88. The van der Waals surface area contributed by atoms with E-state index in [0.717, 1.165) is 4.90 Å². The lowest BCUT2D eigenvalue weighted by Crippen LogP contribution is -2.47. The van der Waals surface area contributed by atoms with Crippen LogP contribution in [0.5, 0.6) is 0 Å². The smallest absolute Gasteiger partial charge is 0.328 e. The summed E-state index contributed by atoms with van der Waals surface area (Å²) in [7, 11) is 1.37. The van der Waals surface area contributed by atoms with E-state index in [1.807, 2.05) is 0 Å². The van der Waals surface area contributed by atoms with E-state index in [1.54, 1.807) is 0 Å². The topological polar surface area (TPSA) is 120 Å². The van der Waals surface area contributed by atoms with Gasteiger partial charge in [-0.05, 0) is 12.1 Å². The molecule has 1 heterocycles. The lowest BCUT2D eigenvalue weighted by Gasteiger charge is -2.17. The first-order valence-electron chi connectivity index (χ1n) is 5.37. The molecule has 1 unspecified atom stereocenters. The van der Waals surface area contributed by atoms with Crippen molar-refractivity contribution >= 4 is 17.8 Å². The number of carbonyl (C=O) groups is 3. The van der Waals surface area contributed by atoms with E-state index in [9.17, 15) is 14.4 Å². The van der Waals surface area contributed by atoms with E-state index in [-0.39, 0.29) is 12.3 Å². The molecule has 0 aromatic carbocycles. The Morgan fingerprint density at radius 3 is 2.63 bits per heavy atom. The van der Waals surface area contributed by atoms with Crippen molar-refractivity contribution in [2.75, 3.05) is 20.2 Å². The van der Waals surface area contributed by atoms with Gasteiger partial charge in [-0.15, -0.1) is 0 Å². The van der Waals surface area contributed by atoms with Crippen molar-refractivity contribution in [1.29, 1.82) is 0 Å². The molecule has 0 saturated carbocycles. The predicted molar refractivity (Wildman–Crippen MR) is 62.3 cm³/mol. The highest BCUT2D eigenvalue weighted by Crippen LogP contribution is 2.03. The van der Waals surface area contributed by atoms with Crippen LogP contribution in [0.25, 0.3) is 0 Å². The Kier molecular flexibility index (Phi) is 5.07. The summed E-state index contributed by atoms with van der Waals surface area (Å²) in [6.07, 6.45) is 1.33. The molecule has 0 saturated heterocycles. The third kappa shape index (κ3) is 4.11. The number of rotatable bonds is 6. The highest BCUT2D eigenvalue weighted by Gasteiger charge is 2.21. The maximum absolute atomic E-state index is 11.7. The molecule has 0 radical (unpaired) electrons. The molecule has 2 amide bonds. The molecule has 8 heteroatoms. The summed E-state index contributed by atoms with van der Waals surface area (Å²) in [4.78, 5) is 34.9. The van der Waals surface area contributed by atoms with E-state index in [2.05, 4.69) is 5.32 Å². The zero-order chi connectivity index (χ0) is 14.4. The van der Waals surface area contributed by atoms with Crippen LogP contribution < -0.4 is 5.32 Å². The van der Waals surface area contributed by atoms with Crippen LogP contribution in [0.3, 0.4) is 0 Å². The number of aliphatic carboxylic acids is 1.